The minimum Gasteiger partial charge on any atom is -0.504 e. The Morgan fingerprint density at radius 3 is 2.56 bits per heavy atom. The number of nitrogens with zero attached hydrogens (tertiary/aromatic N) is 1. The predicted octanol–water partition coefficient (Wildman–Crippen LogP) is 1.54. The van der Waals surface area contributed by atoms with Crippen LogP contribution >= 0.6 is 0 Å². The number of phenols is 2. The van der Waals surface area contributed by atoms with Gasteiger partial charge in [-0.05, 0) is 12.1 Å². The van der Waals surface area contributed by atoms with Crippen molar-refractivity contribution in [2.24, 2.45) is 0 Å². The maximum Gasteiger partial charge on any atom is 0.303 e. The average molecular weight is 254 g/mol. The summed E-state index contributed by atoms with van der Waals surface area (Å²) >= 11 is 0. The molecule has 100 valence electrons. The van der Waals surface area contributed by atoms with Crippen LogP contribution in [0.3, 0.4) is 0 Å². The predicted molar refractivity (Wildman–Crippen MR) is 67.3 cm³/mol. The number of quaternary nitrogens is 1. The number of hydrogen-bond donors (Lipinski definition) is 3. The lowest BCUT2D eigenvalue weighted by molar-refractivity contribution is -0.903. The van der Waals surface area contributed by atoms with Gasteiger partial charge in [-0.25, -0.2) is 0 Å². The van der Waals surface area contributed by atoms with Crippen molar-refractivity contribution >= 4 is 5.97 Å². The second-order valence-electron chi connectivity index (χ2n) is 5.10. The smallest absolute Gasteiger partial charge is 0.303 e. The lowest BCUT2D eigenvalue weighted by Gasteiger charge is -2.30. The average Bonchev–Trinajstić information content (AvgIpc) is 2.23. The summed E-state index contributed by atoms with van der Waals surface area (Å²) in [6.07, 6.45) is 0.732. The number of rotatable bonds is 6. The molecule has 0 heterocycles. The Labute approximate surface area is 107 Å². The number of hydrogen-bond acceptors (Lipinski definition) is 3. The largest absolute Gasteiger partial charge is 0.504 e. The Hall–Kier alpha value is -1.75. The highest BCUT2D eigenvalue weighted by molar-refractivity contribution is 5.66. The summed E-state index contributed by atoms with van der Waals surface area (Å²) in [5.41, 5.74) is 0.662. The summed E-state index contributed by atoms with van der Waals surface area (Å²) in [6, 6.07) is 4.87. The fourth-order valence-electron chi connectivity index (χ4n) is 1.90. The Balaban J connectivity index is 2.64. The molecule has 0 bridgehead atoms. The summed E-state index contributed by atoms with van der Waals surface area (Å²) in [6.45, 7) is 1.24. The van der Waals surface area contributed by atoms with E-state index >= 15 is 0 Å². The molecule has 0 saturated carbocycles. The zero-order valence-corrected chi connectivity index (χ0v) is 10.8. The van der Waals surface area contributed by atoms with Crippen molar-refractivity contribution in [2.75, 3.05) is 20.6 Å². The molecule has 18 heavy (non-hydrogen) atoms. The Morgan fingerprint density at radius 2 is 1.94 bits per heavy atom. The third-order valence-corrected chi connectivity index (χ3v) is 2.85. The second-order valence-corrected chi connectivity index (χ2v) is 5.10. The third-order valence-electron chi connectivity index (χ3n) is 2.85. The molecule has 0 aliphatic rings. The van der Waals surface area contributed by atoms with E-state index in [1.54, 1.807) is 12.1 Å². The monoisotopic (exact) mass is 254 g/mol. The molecule has 5 heteroatoms. The first-order valence-corrected chi connectivity index (χ1v) is 5.85. The minimum atomic E-state index is -0.796. The molecular formula is C13H20NO4+. The van der Waals surface area contributed by atoms with E-state index < -0.39 is 5.97 Å². The molecule has 0 atom stereocenters. The first-order valence-electron chi connectivity index (χ1n) is 5.85. The third kappa shape index (κ3) is 4.25. The number of phenolic OH excluding ortho intramolecular Hbond substituents is 2. The van der Waals surface area contributed by atoms with E-state index in [0.717, 1.165) is 0 Å². The molecule has 1 rings (SSSR count). The lowest BCUT2D eigenvalue weighted by Crippen LogP contribution is -2.39. The van der Waals surface area contributed by atoms with Gasteiger partial charge in [-0.2, -0.15) is 0 Å². The number of aliphatic carboxylic acids is 1. The highest BCUT2D eigenvalue weighted by atomic mass is 16.4. The van der Waals surface area contributed by atoms with Crippen LogP contribution in [-0.4, -0.2) is 46.4 Å². The molecule has 0 amide bonds. The normalized spacial score (nSPS) is 11.4. The SMILES string of the molecule is C[N+](C)(CCCC(=O)O)Cc1cccc(O)c1O. The van der Waals surface area contributed by atoms with Crippen LogP contribution in [0.25, 0.3) is 0 Å². The number of carboxylic acid groups (broad SMARTS) is 1. The summed E-state index contributed by atoms with van der Waals surface area (Å²) in [5.74, 6) is -1.02. The number of para-hydroxylation sites is 1. The number of aromatic hydroxyl groups is 2. The van der Waals surface area contributed by atoms with Gasteiger partial charge in [0.1, 0.15) is 6.54 Å². The molecule has 3 N–H and O–H groups in total. The van der Waals surface area contributed by atoms with Gasteiger partial charge in [0.05, 0.1) is 32.6 Å². The Morgan fingerprint density at radius 1 is 1.28 bits per heavy atom. The van der Waals surface area contributed by atoms with E-state index in [0.29, 0.717) is 29.6 Å². The zero-order valence-electron chi connectivity index (χ0n) is 10.8. The molecule has 0 saturated heterocycles. The van der Waals surface area contributed by atoms with Gasteiger partial charge in [-0.1, -0.05) is 6.07 Å². The van der Waals surface area contributed by atoms with Crippen LogP contribution in [-0.2, 0) is 11.3 Å². The van der Waals surface area contributed by atoms with E-state index in [2.05, 4.69) is 0 Å². The molecule has 0 fully saturated rings. The maximum atomic E-state index is 10.5. The van der Waals surface area contributed by atoms with Crippen LogP contribution < -0.4 is 0 Å². The van der Waals surface area contributed by atoms with Gasteiger partial charge in [-0.15, -0.1) is 0 Å². The van der Waals surface area contributed by atoms with Crippen LogP contribution in [0, 0.1) is 0 Å². The van der Waals surface area contributed by atoms with Crippen molar-refractivity contribution in [3.8, 4) is 11.5 Å². The van der Waals surface area contributed by atoms with E-state index in [1.807, 2.05) is 14.1 Å². The van der Waals surface area contributed by atoms with E-state index in [-0.39, 0.29) is 17.9 Å². The van der Waals surface area contributed by atoms with Crippen LogP contribution in [0.5, 0.6) is 11.5 Å². The fourth-order valence-corrected chi connectivity index (χ4v) is 1.90. The van der Waals surface area contributed by atoms with Gasteiger partial charge in [0.25, 0.3) is 0 Å². The molecular weight excluding hydrogens is 234 g/mol. The molecule has 5 nitrogen and oxygen atoms in total. The molecule has 0 aromatic heterocycles. The topological polar surface area (TPSA) is 77.8 Å². The number of benzene rings is 1. The van der Waals surface area contributed by atoms with Crippen LogP contribution in [0.15, 0.2) is 18.2 Å². The van der Waals surface area contributed by atoms with Crippen molar-refractivity contribution in [2.45, 2.75) is 19.4 Å². The van der Waals surface area contributed by atoms with Gasteiger partial charge in [0.15, 0.2) is 11.5 Å². The summed E-state index contributed by atoms with van der Waals surface area (Å²) in [4.78, 5) is 10.5. The molecule has 1 aromatic rings. The van der Waals surface area contributed by atoms with Crippen molar-refractivity contribution < 1.29 is 24.6 Å². The summed E-state index contributed by atoms with van der Waals surface area (Å²) < 4.78 is 0.560. The van der Waals surface area contributed by atoms with Crippen LogP contribution in [0.4, 0.5) is 0 Å². The molecule has 0 aliphatic carbocycles. The van der Waals surface area contributed by atoms with Crippen LogP contribution in [0.2, 0.25) is 0 Å². The van der Waals surface area contributed by atoms with Crippen LogP contribution in [0.1, 0.15) is 18.4 Å². The summed E-state index contributed by atoms with van der Waals surface area (Å²) in [7, 11) is 3.93. The van der Waals surface area contributed by atoms with Crippen molar-refractivity contribution in [3.63, 3.8) is 0 Å². The molecule has 0 aliphatic heterocycles. The number of carboxylic acids is 1. The maximum absolute atomic E-state index is 10.5. The van der Waals surface area contributed by atoms with Crippen molar-refractivity contribution in [1.29, 1.82) is 0 Å². The van der Waals surface area contributed by atoms with Gasteiger partial charge >= 0.3 is 5.97 Å². The first-order chi connectivity index (χ1) is 8.32. The lowest BCUT2D eigenvalue weighted by atomic mass is 10.1. The number of carbonyl (C=O) groups is 1. The Kier molecular flexibility index (Phi) is 4.55. The zero-order chi connectivity index (χ0) is 13.8. The van der Waals surface area contributed by atoms with Gasteiger partial charge in [0.2, 0.25) is 0 Å². The highest BCUT2D eigenvalue weighted by Crippen LogP contribution is 2.30. The van der Waals surface area contributed by atoms with Gasteiger partial charge in [-0.3, -0.25) is 4.79 Å². The Bertz CT molecular complexity index is 429. The van der Waals surface area contributed by atoms with Crippen molar-refractivity contribution in [3.05, 3.63) is 23.8 Å². The second kappa shape index (κ2) is 5.73. The summed E-state index contributed by atoms with van der Waals surface area (Å²) in [5, 5.41) is 27.7. The fraction of sp³-hybridized carbons (Fsp3) is 0.462. The van der Waals surface area contributed by atoms with E-state index in [4.69, 9.17) is 5.11 Å². The van der Waals surface area contributed by atoms with E-state index in [9.17, 15) is 15.0 Å². The van der Waals surface area contributed by atoms with Crippen molar-refractivity contribution in [1.82, 2.24) is 0 Å². The molecule has 0 spiro atoms. The van der Waals surface area contributed by atoms with Gasteiger partial charge < -0.3 is 19.8 Å². The molecule has 0 radical (unpaired) electrons. The first kappa shape index (κ1) is 14.3. The molecule has 1 aromatic carbocycles. The standard InChI is InChI=1S/C13H19NO4/c1-14(2,8-4-7-12(16)17)9-10-5-3-6-11(15)13(10)18/h3,5-6H,4,7-9H2,1-2H3,(H2-,15,16,17,18)/p+1. The molecule has 0 unspecified atom stereocenters. The van der Waals surface area contributed by atoms with Gasteiger partial charge in [0, 0.05) is 6.42 Å². The minimum absolute atomic E-state index is 0.0954. The quantitative estimate of drug-likeness (QED) is 0.531. The van der Waals surface area contributed by atoms with E-state index in [1.165, 1.54) is 6.07 Å². The highest BCUT2D eigenvalue weighted by Gasteiger charge is 2.19.